The molecule has 0 heterocycles. The Labute approximate surface area is 130 Å². The zero-order valence-corrected chi connectivity index (χ0v) is 12.9. The molecule has 0 fully saturated rings. The predicted octanol–water partition coefficient (Wildman–Crippen LogP) is 2.53. The SMILES string of the molecule is C[S@](=O)c1ccc(CNC[C@H](O)c2ccc(F)c(F)c2)cc1. The van der Waals surface area contributed by atoms with E-state index in [-0.39, 0.29) is 6.54 Å². The average molecular weight is 325 g/mol. The highest BCUT2D eigenvalue weighted by Crippen LogP contribution is 2.16. The van der Waals surface area contributed by atoms with Crippen molar-refractivity contribution in [1.29, 1.82) is 0 Å². The van der Waals surface area contributed by atoms with Crippen molar-refractivity contribution < 1.29 is 18.1 Å². The fraction of sp³-hybridized carbons (Fsp3) is 0.250. The second kappa shape index (κ2) is 7.58. The number of hydrogen-bond donors (Lipinski definition) is 2. The summed E-state index contributed by atoms with van der Waals surface area (Å²) in [6.07, 6.45) is 0.698. The van der Waals surface area contributed by atoms with Crippen LogP contribution in [0.15, 0.2) is 47.4 Å². The Morgan fingerprint density at radius 2 is 1.82 bits per heavy atom. The average Bonchev–Trinajstić information content (AvgIpc) is 2.50. The molecule has 2 aromatic carbocycles. The molecule has 3 nitrogen and oxygen atoms in total. The highest BCUT2D eigenvalue weighted by atomic mass is 32.2. The summed E-state index contributed by atoms with van der Waals surface area (Å²) in [5.41, 5.74) is 1.30. The second-order valence-electron chi connectivity index (χ2n) is 4.92. The lowest BCUT2D eigenvalue weighted by Crippen LogP contribution is -2.21. The number of aliphatic hydroxyl groups is 1. The van der Waals surface area contributed by atoms with Crippen molar-refractivity contribution in [3.63, 3.8) is 0 Å². The van der Waals surface area contributed by atoms with E-state index in [9.17, 15) is 18.1 Å². The molecule has 0 radical (unpaired) electrons. The minimum absolute atomic E-state index is 0.215. The van der Waals surface area contributed by atoms with Gasteiger partial charge in [-0.15, -0.1) is 0 Å². The van der Waals surface area contributed by atoms with E-state index < -0.39 is 28.5 Å². The van der Waals surface area contributed by atoms with Crippen LogP contribution in [0, 0.1) is 11.6 Å². The van der Waals surface area contributed by atoms with Crippen molar-refractivity contribution in [2.45, 2.75) is 17.5 Å². The number of hydrogen-bond acceptors (Lipinski definition) is 3. The summed E-state index contributed by atoms with van der Waals surface area (Å²) in [6, 6.07) is 10.6. The van der Waals surface area contributed by atoms with Crippen LogP contribution in [0.2, 0.25) is 0 Å². The summed E-state index contributed by atoms with van der Waals surface area (Å²) in [6.45, 7) is 0.726. The van der Waals surface area contributed by atoms with Crippen molar-refractivity contribution in [2.75, 3.05) is 12.8 Å². The van der Waals surface area contributed by atoms with Crippen LogP contribution in [0.3, 0.4) is 0 Å². The molecule has 0 unspecified atom stereocenters. The van der Waals surface area contributed by atoms with Crippen molar-refractivity contribution in [1.82, 2.24) is 5.32 Å². The van der Waals surface area contributed by atoms with Gasteiger partial charge in [0, 0.05) is 35.0 Å². The van der Waals surface area contributed by atoms with E-state index in [0.717, 1.165) is 22.6 Å². The van der Waals surface area contributed by atoms with Gasteiger partial charge in [-0.25, -0.2) is 8.78 Å². The lowest BCUT2D eigenvalue weighted by molar-refractivity contribution is 0.173. The summed E-state index contributed by atoms with van der Waals surface area (Å²) >= 11 is 0. The highest BCUT2D eigenvalue weighted by Gasteiger charge is 2.10. The molecule has 0 bridgehead atoms. The topological polar surface area (TPSA) is 49.3 Å². The van der Waals surface area contributed by atoms with Crippen LogP contribution in [0.25, 0.3) is 0 Å². The Bertz CT molecular complexity index is 662. The van der Waals surface area contributed by atoms with Crippen LogP contribution in [0.4, 0.5) is 8.78 Å². The summed E-state index contributed by atoms with van der Waals surface area (Å²) in [4.78, 5) is 0.755. The van der Waals surface area contributed by atoms with Gasteiger partial charge in [-0.1, -0.05) is 18.2 Å². The molecule has 2 aromatic rings. The Balaban J connectivity index is 1.87. The van der Waals surface area contributed by atoms with Crippen LogP contribution in [-0.4, -0.2) is 22.1 Å². The molecule has 0 aliphatic rings. The number of aliphatic hydroxyl groups excluding tert-OH is 1. The molecule has 2 N–H and O–H groups in total. The number of halogens is 2. The van der Waals surface area contributed by atoms with Gasteiger partial charge in [0.05, 0.1) is 6.10 Å². The first-order valence-electron chi connectivity index (χ1n) is 6.73. The van der Waals surface area contributed by atoms with Gasteiger partial charge in [-0.05, 0) is 35.4 Å². The fourth-order valence-corrected chi connectivity index (χ4v) is 2.51. The minimum Gasteiger partial charge on any atom is -0.387 e. The van der Waals surface area contributed by atoms with E-state index in [1.165, 1.54) is 6.07 Å². The molecule has 0 saturated carbocycles. The van der Waals surface area contributed by atoms with Crippen LogP contribution in [0.1, 0.15) is 17.2 Å². The number of benzene rings is 2. The number of nitrogens with one attached hydrogen (secondary N) is 1. The van der Waals surface area contributed by atoms with Gasteiger partial charge in [0.1, 0.15) is 0 Å². The van der Waals surface area contributed by atoms with Gasteiger partial charge in [0.2, 0.25) is 0 Å². The monoisotopic (exact) mass is 325 g/mol. The fourth-order valence-electron chi connectivity index (χ4n) is 1.99. The van der Waals surface area contributed by atoms with Crippen LogP contribution in [-0.2, 0) is 17.3 Å². The summed E-state index contributed by atoms with van der Waals surface area (Å²) in [5, 5.41) is 13.0. The summed E-state index contributed by atoms with van der Waals surface area (Å²) < 4.78 is 37.2. The first-order valence-corrected chi connectivity index (χ1v) is 8.29. The van der Waals surface area contributed by atoms with E-state index in [2.05, 4.69) is 5.32 Å². The molecule has 2 atom stereocenters. The van der Waals surface area contributed by atoms with E-state index in [1.54, 1.807) is 18.4 Å². The molecule has 22 heavy (non-hydrogen) atoms. The molecule has 118 valence electrons. The largest absolute Gasteiger partial charge is 0.387 e. The standard InChI is InChI=1S/C16H17F2NO2S/c1-22(21)13-5-2-11(3-6-13)9-19-10-16(20)12-4-7-14(17)15(18)8-12/h2-8,16,19-20H,9-10H2,1H3/t16-,22-/m0/s1. The van der Waals surface area contributed by atoms with E-state index in [0.29, 0.717) is 12.1 Å². The first-order chi connectivity index (χ1) is 10.5. The van der Waals surface area contributed by atoms with Gasteiger partial charge in [0.15, 0.2) is 11.6 Å². The zero-order valence-electron chi connectivity index (χ0n) is 12.1. The van der Waals surface area contributed by atoms with Gasteiger partial charge >= 0.3 is 0 Å². The van der Waals surface area contributed by atoms with Crippen molar-refractivity contribution in [3.05, 3.63) is 65.2 Å². The Morgan fingerprint density at radius 1 is 1.14 bits per heavy atom. The highest BCUT2D eigenvalue weighted by molar-refractivity contribution is 7.84. The lowest BCUT2D eigenvalue weighted by atomic mass is 10.1. The Morgan fingerprint density at radius 3 is 2.41 bits per heavy atom. The molecule has 0 saturated heterocycles. The van der Waals surface area contributed by atoms with Gasteiger partial charge in [0.25, 0.3) is 0 Å². The third-order valence-corrected chi connectivity index (χ3v) is 4.19. The third kappa shape index (κ3) is 4.43. The summed E-state index contributed by atoms with van der Waals surface area (Å²) in [7, 11) is -1.01. The summed E-state index contributed by atoms with van der Waals surface area (Å²) in [5.74, 6) is -1.91. The molecule has 2 rings (SSSR count). The molecule has 0 aliphatic carbocycles. The molecule has 0 amide bonds. The van der Waals surface area contributed by atoms with Crippen molar-refractivity contribution in [3.8, 4) is 0 Å². The quantitative estimate of drug-likeness (QED) is 0.858. The minimum atomic E-state index is -1.01. The normalized spacial score (nSPS) is 13.8. The van der Waals surface area contributed by atoms with E-state index in [1.807, 2.05) is 12.1 Å². The maximum atomic E-state index is 13.1. The smallest absolute Gasteiger partial charge is 0.159 e. The molecular formula is C16H17F2NO2S. The zero-order chi connectivity index (χ0) is 16.1. The van der Waals surface area contributed by atoms with Crippen LogP contribution >= 0.6 is 0 Å². The van der Waals surface area contributed by atoms with Crippen molar-refractivity contribution in [2.24, 2.45) is 0 Å². The molecule has 0 spiro atoms. The van der Waals surface area contributed by atoms with E-state index >= 15 is 0 Å². The lowest BCUT2D eigenvalue weighted by Gasteiger charge is -2.12. The third-order valence-electron chi connectivity index (χ3n) is 3.25. The number of rotatable bonds is 6. The molecule has 0 aliphatic heterocycles. The molecular weight excluding hydrogens is 308 g/mol. The first kappa shape index (κ1) is 16.7. The Kier molecular flexibility index (Phi) is 5.76. The van der Waals surface area contributed by atoms with Crippen LogP contribution < -0.4 is 5.32 Å². The van der Waals surface area contributed by atoms with Gasteiger partial charge in [-0.3, -0.25) is 4.21 Å². The molecule has 0 aromatic heterocycles. The van der Waals surface area contributed by atoms with E-state index in [4.69, 9.17) is 0 Å². The maximum Gasteiger partial charge on any atom is 0.159 e. The van der Waals surface area contributed by atoms with Gasteiger partial charge in [-0.2, -0.15) is 0 Å². The van der Waals surface area contributed by atoms with Crippen LogP contribution in [0.5, 0.6) is 0 Å². The Hall–Kier alpha value is -1.63. The maximum absolute atomic E-state index is 13.1. The van der Waals surface area contributed by atoms with Crippen molar-refractivity contribution >= 4 is 10.8 Å². The second-order valence-corrected chi connectivity index (χ2v) is 6.30. The van der Waals surface area contributed by atoms with Gasteiger partial charge < -0.3 is 10.4 Å². The predicted molar refractivity (Wildman–Crippen MR) is 81.8 cm³/mol. The molecule has 6 heteroatoms.